The Morgan fingerprint density at radius 3 is 2.53 bits per heavy atom. The fourth-order valence-electron chi connectivity index (χ4n) is 2.80. The van der Waals surface area contributed by atoms with Crippen molar-refractivity contribution < 1.29 is 14.0 Å². The summed E-state index contributed by atoms with van der Waals surface area (Å²) in [5.74, 6) is -0.993. The van der Waals surface area contributed by atoms with Crippen molar-refractivity contribution in [3.05, 3.63) is 79.4 Å². The number of hydrogen-bond acceptors (Lipinski definition) is 5. The topological polar surface area (TPSA) is 62.6 Å². The van der Waals surface area contributed by atoms with E-state index in [-0.39, 0.29) is 26.4 Å². The van der Waals surface area contributed by atoms with Crippen molar-refractivity contribution in [1.29, 1.82) is 0 Å². The molecular weight excluding hydrogens is 579 g/mol. The lowest BCUT2D eigenvalue weighted by atomic mass is 10.1. The predicted molar refractivity (Wildman–Crippen MR) is 135 cm³/mol. The highest BCUT2D eigenvalue weighted by atomic mass is 79.9. The van der Waals surface area contributed by atoms with Crippen molar-refractivity contribution in [1.82, 2.24) is 5.32 Å². The Morgan fingerprint density at radius 1 is 1.09 bits per heavy atom. The molecule has 11 heteroatoms. The summed E-state index contributed by atoms with van der Waals surface area (Å²) in [6.45, 7) is 0. The van der Waals surface area contributed by atoms with Crippen LogP contribution >= 0.6 is 74.7 Å². The van der Waals surface area contributed by atoms with Gasteiger partial charge in [0, 0.05) is 9.92 Å². The molecule has 0 unspecified atom stereocenters. The molecule has 1 aromatic heterocycles. The first-order chi connectivity index (χ1) is 15.2. The normalized spacial score (nSPS) is 15.4. The van der Waals surface area contributed by atoms with Crippen LogP contribution in [0.15, 0.2) is 73.0 Å². The minimum atomic E-state index is -0.651. The highest BCUT2D eigenvalue weighted by Gasteiger charge is 2.36. The lowest BCUT2D eigenvalue weighted by Crippen LogP contribution is -2.54. The van der Waals surface area contributed by atoms with Gasteiger partial charge in [-0.25, -0.2) is 0 Å². The summed E-state index contributed by atoms with van der Waals surface area (Å²) < 4.78 is 6.50. The van der Waals surface area contributed by atoms with Crippen molar-refractivity contribution in [2.24, 2.45) is 0 Å². The van der Waals surface area contributed by atoms with E-state index in [2.05, 4.69) is 21.2 Å². The molecule has 0 radical (unpaired) electrons. The summed E-state index contributed by atoms with van der Waals surface area (Å²) in [7, 11) is 0. The van der Waals surface area contributed by atoms with Gasteiger partial charge >= 0.3 is 0 Å². The monoisotopic (exact) mass is 586 g/mol. The van der Waals surface area contributed by atoms with Gasteiger partial charge in [0.15, 0.2) is 10.2 Å². The van der Waals surface area contributed by atoms with Crippen LogP contribution in [0.4, 0.5) is 5.69 Å². The third kappa shape index (κ3) is 4.76. The second-order valence-electron chi connectivity index (χ2n) is 6.37. The largest absolute Gasteiger partial charge is 0.449 e. The molecule has 4 rings (SSSR count). The number of carbonyl (C=O) groups is 2. The maximum Gasteiger partial charge on any atom is 0.270 e. The van der Waals surface area contributed by atoms with Gasteiger partial charge in [-0.05, 0) is 76.7 Å². The fraction of sp³-hybridized carbons (Fsp3) is 0. The lowest BCUT2D eigenvalue weighted by Gasteiger charge is -2.29. The van der Waals surface area contributed by atoms with E-state index in [4.69, 9.17) is 51.4 Å². The second-order valence-corrected chi connectivity index (χ2v) is 9.88. The maximum atomic E-state index is 13.2. The smallest absolute Gasteiger partial charge is 0.270 e. The van der Waals surface area contributed by atoms with Gasteiger partial charge in [0.1, 0.15) is 11.3 Å². The summed E-state index contributed by atoms with van der Waals surface area (Å²) in [4.78, 5) is 27.7. The van der Waals surface area contributed by atoms with Crippen molar-refractivity contribution in [3.8, 4) is 0 Å². The fourth-order valence-corrected chi connectivity index (χ4v) is 4.91. The Kier molecular flexibility index (Phi) is 7.00. The number of nitrogens with one attached hydrogen (secondary N) is 1. The van der Waals surface area contributed by atoms with Gasteiger partial charge in [-0.2, -0.15) is 0 Å². The van der Waals surface area contributed by atoms with Gasteiger partial charge < -0.3 is 4.42 Å². The molecule has 1 N–H and O–H groups in total. The van der Waals surface area contributed by atoms with Crippen LogP contribution in [0.1, 0.15) is 5.76 Å². The van der Waals surface area contributed by atoms with Crippen molar-refractivity contribution in [3.63, 3.8) is 0 Å². The minimum Gasteiger partial charge on any atom is -0.449 e. The highest BCUT2D eigenvalue weighted by Crippen LogP contribution is 2.38. The number of furan rings is 1. The van der Waals surface area contributed by atoms with Crippen molar-refractivity contribution >= 4 is 103 Å². The number of halogens is 4. The number of rotatable bonds is 4. The van der Waals surface area contributed by atoms with E-state index < -0.39 is 11.8 Å². The zero-order chi connectivity index (χ0) is 23.0. The van der Waals surface area contributed by atoms with Crippen LogP contribution in [-0.2, 0) is 9.59 Å². The predicted octanol–water partition coefficient (Wildman–Crippen LogP) is 6.98. The summed E-state index contributed by atoms with van der Waals surface area (Å²) >= 11 is 28.2. The van der Waals surface area contributed by atoms with Gasteiger partial charge in [-0.15, -0.1) is 0 Å². The van der Waals surface area contributed by atoms with E-state index in [1.54, 1.807) is 36.4 Å². The summed E-state index contributed by atoms with van der Waals surface area (Å²) in [5.41, 5.74) is 0.0959. The SMILES string of the molecule is O=C1NC(=S)N(c2cccc(Cl)c2Cl)C(=O)C1=Cc1cc(Br)c(Sc2ccc(Cl)cc2)o1. The Hall–Kier alpha value is -1.81. The first-order valence-electron chi connectivity index (χ1n) is 8.83. The number of thiocarbonyl (C=S) groups is 1. The average Bonchev–Trinajstić information content (AvgIpc) is 3.09. The van der Waals surface area contributed by atoms with E-state index in [0.29, 0.717) is 20.3 Å². The quantitative estimate of drug-likeness (QED) is 0.202. The molecule has 2 amide bonds. The zero-order valence-electron chi connectivity index (χ0n) is 15.7. The molecule has 32 heavy (non-hydrogen) atoms. The first kappa shape index (κ1) is 23.4. The third-order valence-corrected chi connectivity index (χ3v) is 7.45. The average molecular weight is 589 g/mol. The van der Waals surface area contributed by atoms with Crippen molar-refractivity contribution in [2.75, 3.05) is 4.90 Å². The molecule has 2 heterocycles. The molecule has 0 saturated carbocycles. The number of carbonyl (C=O) groups excluding carboxylic acids is 2. The van der Waals surface area contributed by atoms with Gasteiger partial charge in [-0.1, -0.05) is 52.6 Å². The van der Waals surface area contributed by atoms with Crippen molar-refractivity contribution in [2.45, 2.75) is 9.99 Å². The van der Waals surface area contributed by atoms with Gasteiger partial charge in [-0.3, -0.25) is 19.8 Å². The summed E-state index contributed by atoms with van der Waals surface area (Å²) in [5, 5.41) is 3.97. The van der Waals surface area contributed by atoms with E-state index in [1.165, 1.54) is 17.8 Å². The Balaban J connectivity index is 1.66. The molecule has 0 aliphatic carbocycles. The molecule has 1 saturated heterocycles. The van der Waals surface area contributed by atoms with Crippen LogP contribution in [0, 0.1) is 0 Å². The van der Waals surface area contributed by atoms with Crippen LogP contribution < -0.4 is 10.2 Å². The number of amides is 2. The molecule has 162 valence electrons. The number of hydrogen-bond donors (Lipinski definition) is 1. The standard InChI is InChI=1S/C21H10BrCl3N2O3S2/c22-14-9-11(30-20(14)32-12-6-4-10(23)5-7-12)8-13-18(28)26-21(31)27(19(13)29)16-3-1-2-15(24)17(16)25/h1-9H,(H,26,28,31). The Bertz CT molecular complexity index is 1290. The highest BCUT2D eigenvalue weighted by molar-refractivity contribution is 9.10. The molecule has 1 aliphatic heterocycles. The van der Waals surface area contributed by atoms with Crippen LogP contribution in [0.25, 0.3) is 6.08 Å². The van der Waals surface area contributed by atoms with Gasteiger partial charge in [0.05, 0.1) is 20.2 Å². The Morgan fingerprint density at radius 2 is 1.81 bits per heavy atom. The second kappa shape index (κ2) is 9.59. The number of nitrogens with zero attached hydrogens (tertiary/aromatic N) is 1. The first-order valence-corrected chi connectivity index (χ1v) is 12.0. The van der Waals surface area contributed by atoms with Crippen LogP contribution in [-0.4, -0.2) is 16.9 Å². The third-order valence-electron chi connectivity index (χ3n) is 4.26. The Labute approximate surface area is 215 Å². The lowest BCUT2D eigenvalue weighted by molar-refractivity contribution is -0.122. The van der Waals surface area contributed by atoms with Gasteiger partial charge in [0.2, 0.25) is 0 Å². The van der Waals surface area contributed by atoms with E-state index in [0.717, 1.165) is 9.80 Å². The number of anilines is 1. The molecule has 1 fully saturated rings. The molecule has 0 bridgehead atoms. The zero-order valence-corrected chi connectivity index (χ0v) is 21.2. The molecule has 1 aliphatic rings. The van der Waals surface area contributed by atoms with Crippen LogP contribution in [0.2, 0.25) is 15.1 Å². The molecule has 5 nitrogen and oxygen atoms in total. The minimum absolute atomic E-state index is 0.0964. The summed E-state index contributed by atoms with van der Waals surface area (Å²) in [6.07, 6.45) is 1.35. The van der Waals surface area contributed by atoms with E-state index in [1.807, 2.05) is 12.1 Å². The molecule has 2 aromatic carbocycles. The van der Waals surface area contributed by atoms with E-state index in [9.17, 15) is 9.59 Å². The molecule has 3 aromatic rings. The van der Waals surface area contributed by atoms with Crippen LogP contribution in [0.5, 0.6) is 0 Å². The summed E-state index contributed by atoms with van der Waals surface area (Å²) in [6, 6.07) is 13.7. The van der Waals surface area contributed by atoms with Crippen LogP contribution in [0.3, 0.4) is 0 Å². The molecule has 0 spiro atoms. The maximum absolute atomic E-state index is 13.2. The molecular formula is C21H10BrCl3N2O3S2. The number of benzene rings is 2. The van der Waals surface area contributed by atoms with E-state index >= 15 is 0 Å². The molecule has 0 atom stereocenters. The van der Waals surface area contributed by atoms with Gasteiger partial charge in [0.25, 0.3) is 11.8 Å².